The van der Waals surface area contributed by atoms with Crippen molar-refractivity contribution in [3.63, 3.8) is 0 Å². The molecule has 0 unspecified atom stereocenters. The number of hydrogen-bond acceptors (Lipinski definition) is 4. The van der Waals surface area contributed by atoms with Gasteiger partial charge in [0.15, 0.2) is 0 Å². The minimum Gasteiger partial charge on any atom is -0.258 e. The van der Waals surface area contributed by atoms with Crippen LogP contribution in [0.4, 0.5) is 5.69 Å². The second-order valence-electron chi connectivity index (χ2n) is 5.76. The lowest BCUT2D eigenvalue weighted by atomic mass is 9.94. The van der Waals surface area contributed by atoms with E-state index in [1.54, 1.807) is 23.5 Å². The molecule has 0 radical (unpaired) electrons. The van der Waals surface area contributed by atoms with E-state index in [2.05, 4.69) is 0 Å². The van der Waals surface area contributed by atoms with Gasteiger partial charge in [0, 0.05) is 17.5 Å². The fourth-order valence-corrected chi connectivity index (χ4v) is 3.86. The molecule has 0 bridgehead atoms. The van der Waals surface area contributed by atoms with Crippen molar-refractivity contribution in [2.24, 2.45) is 0 Å². The Bertz CT molecular complexity index is 1070. The maximum Gasteiger partial charge on any atom is 0.270 e. The van der Waals surface area contributed by atoms with Crippen LogP contribution in [-0.4, -0.2) is 9.91 Å². The summed E-state index contributed by atoms with van der Waals surface area (Å²) in [4.78, 5) is 16.7. The molecule has 2 aromatic carbocycles. The van der Waals surface area contributed by atoms with Crippen LogP contribution in [0.1, 0.15) is 5.56 Å². The lowest BCUT2D eigenvalue weighted by Gasteiger charge is -2.14. The van der Waals surface area contributed by atoms with E-state index >= 15 is 0 Å². The first-order chi connectivity index (χ1) is 12.1. The van der Waals surface area contributed by atoms with Crippen LogP contribution in [0.5, 0.6) is 0 Å². The summed E-state index contributed by atoms with van der Waals surface area (Å²) in [6, 6.07) is 18.9. The molecule has 2 heterocycles. The number of aromatic nitrogens is 1. The first-order valence-corrected chi connectivity index (χ1v) is 8.71. The van der Waals surface area contributed by atoms with Crippen molar-refractivity contribution in [3.8, 4) is 21.7 Å². The van der Waals surface area contributed by atoms with E-state index in [4.69, 9.17) is 4.98 Å². The molecule has 0 aliphatic heterocycles. The molecule has 2 aromatic heterocycles. The van der Waals surface area contributed by atoms with E-state index in [-0.39, 0.29) is 10.6 Å². The minimum atomic E-state index is -0.364. The average Bonchev–Trinajstić information content (AvgIpc) is 3.16. The van der Waals surface area contributed by atoms with E-state index < -0.39 is 0 Å². The Morgan fingerprint density at radius 3 is 2.52 bits per heavy atom. The van der Waals surface area contributed by atoms with E-state index in [1.807, 2.05) is 54.8 Å². The maximum absolute atomic E-state index is 11.2. The highest BCUT2D eigenvalue weighted by Gasteiger charge is 2.17. The van der Waals surface area contributed by atoms with Crippen LogP contribution in [0.3, 0.4) is 0 Å². The van der Waals surface area contributed by atoms with E-state index in [9.17, 15) is 10.1 Å². The summed E-state index contributed by atoms with van der Waals surface area (Å²) in [5, 5.41) is 14.0. The molecule has 0 fully saturated rings. The molecule has 0 amide bonds. The third-order valence-electron chi connectivity index (χ3n) is 4.24. The fourth-order valence-electron chi connectivity index (χ4n) is 3.09. The number of nitrogens with zero attached hydrogens (tertiary/aromatic N) is 2. The van der Waals surface area contributed by atoms with Crippen LogP contribution < -0.4 is 0 Å². The predicted octanol–water partition coefficient (Wildman–Crippen LogP) is 5.85. The van der Waals surface area contributed by atoms with Gasteiger partial charge in [0.2, 0.25) is 0 Å². The third-order valence-corrected chi connectivity index (χ3v) is 5.12. The van der Waals surface area contributed by atoms with Crippen LogP contribution >= 0.6 is 11.3 Å². The van der Waals surface area contributed by atoms with Crippen molar-refractivity contribution in [2.75, 3.05) is 0 Å². The SMILES string of the molecule is Cc1c(-c2cccs2)nc2ccc([N+](=O)[O-])cc2c1-c1ccccc1. The van der Waals surface area contributed by atoms with Gasteiger partial charge in [-0.25, -0.2) is 4.98 Å². The molecular weight excluding hydrogens is 332 g/mol. The molecule has 25 heavy (non-hydrogen) atoms. The van der Waals surface area contributed by atoms with Gasteiger partial charge >= 0.3 is 0 Å². The highest BCUT2D eigenvalue weighted by atomic mass is 32.1. The van der Waals surface area contributed by atoms with E-state index in [0.29, 0.717) is 0 Å². The van der Waals surface area contributed by atoms with Crippen LogP contribution in [0.15, 0.2) is 66.0 Å². The van der Waals surface area contributed by atoms with Crippen molar-refractivity contribution in [2.45, 2.75) is 6.92 Å². The number of nitro groups is 1. The minimum absolute atomic E-state index is 0.0785. The van der Waals surface area contributed by atoms with E-state index in [1.165, 1.54) is 6.07 Å². The van der Waals surface area contributed by atoms with Crippen molar-refractivity contribution in [1.82, 2.24) is 4.98 Å². The number of benzene rings is 2. The van der Waals surface area contributed by atoms with Gasteiger partial charge in [-0.2, -0.15) is 0 Å². The predicted molar refractivity (Wildman–Crippen MR) is 102 cm³/mol. The Morgan fingerprint density at radius 1 is 1.04 bits per heavy atom. The summed E-state index contributed by atoms with van der Waals surface area (Å²) in [6.07, 6.45) is 0. The number of hydrogen-bond donors (Lipinski definition) is 0. The first kappa shape index (κ1) is 15.5. The summed E-state index contributed by atoms with van der Waals surface area (Å²) in [5.74, 6) is 0. The number of fused-ring (bicyclic) bond motifs is 1. The second-order valence-corrected chi connectivity index (χ2v) is 6.71. The monoisotopic (exact) mass is 346 g/mol. The summed E-state index contributed by atoms with van der Waals surface area (Å²) in [6.45, 7) is 2.03. The van der Waals surface area contributed by atoms with Gasteiger partial charge in [0.1, 0.15) is 0 Å². The molecule has 0 aliphatic rings. The van der Waals surface area contributed by atoms with Gasteiger partial charge in [-0.15, -0.1) is 11.3 Å². The lowest BCUT2D eigenvalue weighted by molar-refractivity contribution is -0.384. The largest absolute Gasteiger partial charge is 0.270 e. The molecule has 0 saturated carbocycles. The van der Waals surface area contributed by atoms with Crippen molar-refractivity contribution in [3.05, 3.63) is 81.7 Å². The lowest BCUT2D eigenvalue weighted by Crippen LogP contribution is -1.96. The summed E-state index contributed by atoms with van der Waals surface area (Å²) >= 11 is 1.64. The molecule has 4 rings (SSSR count). The Hall–Kier alpha value is -3.05. The smallest absolute Gasteiger partial charge is 0.258 e. The molecule has 0 spiro atoms. The molecule has 122 valence electrons. The van der Waals surface area contributed by atoms with Crippen molar-refractivity contribution in [1.29, 1.82) is 0 Å². The van der Waals surface area contributed by atoms with Gasteiger partial charge in [-0.3, -0.25) is 10.1 Å². The zero-order valence-electron chi connectivity index (χ0n) is 13.5. The number of nitro benzene ring substituents is 1. The molecule has 4 aromatic rings. The maximum atomic E-state index is 11.2. The summed E-state index contributed by atoms with van der Waals surface area (Å²) in [5.41, 5.74) is 4.83. The van der Waals surface area contributed by atoms with Crippen LogP contribution in [-0.2, 0) is 0 Å². The van der Waals surface area contributed by atoms with E-state index in [0.717, 1.165) is 38.2 Å². The van der Waals surface area contributed by atoms with Gasteiger partial charge in [-0.05, 0) is 41.1 Å². The standard InChI is InChI=1S/C20H14N2O2S/c1-13-19(14-6-3-2-4-7-14)16-12-15(22(23)24)9-10-17(16)21-20(13)18-8-5-11-25-18/h2-12H,1H3. The average molecular weight is 346 g/mol. The zero-order valence-corrected chi connectivity index (χ0v) is 14.3. The molecule has 0 aliphatic carbocycles. The fraction of sp³-hybridized carbons (Fsp3) is 0.0500. The molecular formula is C20H14N2O2S. The van der Waals surface area contributed by atoms with Gasteiger partial charge in [0.05, 0.1) is 21.0 Å². The van der Waals surface area contributed by atoms with Crippen molar-refractivity contribution >= 4 is 27.9 Å². The van der Waals surface area contributed by atoms with Gasteiger partial charge < -0.3 is 0 Å². The quantitative estimate of drug-likeness (QED) is 0.345. The number of non-ortho nitro benzene ring substituents is 1. The Morgan fingerprint density at radius 2 is 1.84 bits per heavy atom. The normalized spacial score (nSPS) is 10.9. The highest BCUT2D eigenvalue weighted by Crippen LogP contribution is 2.38. The topological polar surface area (TPSA) is 56.0 Å². The molecule has 5 heteroatoms. The first-order valence-electron chi connectivity index (χ1n) is 7.83. The summed E-state index contributed by atoms with van der Waals surface area (Å²) < 4.78 is 0. The Kier molecular flexibility index (Phi) is 3.78. The van der Waals surface area contributed by atoms with Gasteiger partial charge in [-0.1, -0.05) is 36.4 Å². The van der Waals surface area contributed by atoms with Crippen molar-refractivity contribution < 1.29 is 4.92 Å². The number of rotatable bonds is 3. The molecule has 0 N–H and O–H groups in total. The Balaban J connectivity index is 2.11. The van der Waals surface area contributed by atoms with Crippen LogP contribution in [0.25, 0.3) is 32.6 Å². The number of pyridine rings is 1. The summed E-state index contributed by atoms with van der Waals surface area (Å²) in [7, 11) is 0. The highest BCUT2D eigenvalue weighted by molar-refractivity contribution is 7.13. The Labute approximate surface area is 148 Å². The van der Waals surface area contributed by atoms with Gasteiger partial charge in [0.25, 0.3) is 5.69 Å². The second kappa shape index (κ2) is 6.11. The zero-order chi connectivity index (χ0) is 17.4. The molecule has 4 nitrogen and oxygen atoms in total. The molecule has 0 atom stereocenters. The molecule has 0 saturated heterocycles. The van der Waals surface area contributed by atoms with Crippen LogP contribution in [0, 0.1) is 17.0 Å². The third kappa shape index (κ3) is 2.68. The van der Waals surface area contributed by atoms with Crippen LogP contribution in [0.2, 0.25) is 0 Å². The number of thiophene rings is 1.